The summed E-state index contributed by atoms with van der Waals surface area (Å²) >= 11 is 0. The number of carbonyl (C=O) groups excluding carboxylic acids is 2. The lowest BCUT2D eigenvalue weighted by Gasteiger charge is -2.28. The Bertz CT molecular complexity index is 645. The van der Waals surface area contributed by atoms with Crippen molar-refractivity contribution in [3.8, 4) is 0 Å². The van der Waals surface area contributed by atoms with Gasteiger partial charge < -0.3 is 15.4 Å². The number of hydrogen-bond donors (Lipinski definition) is 2. The molecule has 0 spiro atoms. The van der Waals surface area contributed by atoms with Crippen molar-refractivity contribution in [3.05, 3.63) is 58.8 Å². The summed E-state index contributed by atoms with van der Waals surface area (Å²) in [5.41, 5.74) is 3.00. The van der Waals surface area contributed by atoms with Crippen LogP contribution >= 0.6 is 0 Å². The second-order valence-electron chi connectivity index (χ2n) is 5.33. The Morgan fingerprint density at radius 2 is 2.00 bits per heavy atom. The molecule has 1 aromatic rings. The van der Waals surface area contributed by atoms with Gasteiger partial charge in [0.15, 0.2) is 0 Å². The summed E-state index contributed by atoms with van der Waals surface area (Å²) in [6, 6.07) is 7.04. The van der Waals surface area contributed by atoms with Gasteiger partial charge in [-0.15, -0.1) is 0 Å². The zero-order chi connectivity index (χ0) is 16.8. The molecule has 0 aromatic heterocycles. The molecule has 0 radical (unpaired) electrons. The Hall–Kier alpha value is -2.56. The normalized spacial score (nSPS) is 17.9. The zero-order valence-corrected chi connectivity index (χ0v) is 13.7. The largest absolute Gasteiger partial charge is 0.458 e. The molecule has 1 atom stereocenters. The minimum Gasteiger partial charge on any atom is -0.458 e. The predicted molar refractivity (Wildman–Crippen MR) is 88.7 cm³/mol. The molecule has 1 aromatic carbocycles. The van der Waals surface area contributed by atoms with Gasteiger partial charge in [-0.2, -0.15) is 0 Å². The van der Waals surface area contributed by atoms with Crippen molar-refractivity contribution < 1.29 is 14.3 Å². The molecule has 0 aliphatic carbocycles. The second kappa shape index (κ2) is 7.63. The van der Waals surface area contributed by atoms with Crippen molar-refractivity contribution in [3.63, 3.8) is 0 Å². The number of allylic oxidation sites excluding steroid dienone is 2. The number of nitrogens with one attached hydrogen (secondary N) is 2. The van der Waals surface area contributed by atoms with Gasteiger partial charge in [0, 0.05) is 5.70 Å². The Kier molecular flexibility index (Phi) is 5.57. The van der Waals surface area contributed by atoms with Gasteiger partial charge in [0.25, 0.3) is 0 Å². The maximum Gasteiger partial charge on any atom is 0.338 e. The van der Waals surface area contributed by atoms with E-state index >= 15 is 0 Å². The van der Waals surface area contributed by atoms with Crippen LogP contribution in [0.4, 0.5) is 4.79 Å². The molecule has 0 bridgehead atoms. The van der Waals surface area contributed by atoms with Crippen LogP contribution in [0.3, 0.4) is 0 Å². The van der Waals surface area contributed by atoms with E-state index in [1.165, 1.54) is 5.56 Å². The Morgan fingerprint density at radius 1 is 1.30 bits per heavy atom. The predicted octanol–water partition coefficient (Wildman–Crippen LogP) is 3.00. The number of carbonyl (C=O) groups is 2. The third-order valence-corrected chi connectivity index (χ3v) is 3.76. The van der Waals surface area contributed by atoms with Crippen molar-refractivity contribution in [2.45, 2.75) is 33.2 Å². The van der Waals surface area contributed by atoms with Crippen molar-refractivity contribution >= 4 is 12.0 Å². The fraction of sp³-hybridized carbons (Fsp3) is 0.333. The number of urea groups is 1. The fourth-order valence-corrected chi connectivity index (χ4v) is 2.46. The van der Waals surface area contributed by atoms with E-state index in [4.69, 9.17) is 4.74 Å². The first-order chi connectivity index (χ1) is 11.1. The highest BCUT2D eigenvalue weighted by atomic mass is 16.5. The van der Waals surface area contributed by atoms with E-state index < -0.39 is 12.0 Å². The van der Waals surface area contributed by atoms with Crippen LogP contribution in [0, 0.1) is 0 Å². The van der Waals surface area contributed by atoms with Gasteiger partial charge in [-0.05, 0) is 31.4 Å². The molecule has 2 N–H and O–H groups in total. The number of esters is 1. The van der Waals surface area contributed by atoms with Crippen molar-refractivity contribution in [1.82, 2.24) is 10.6 Å². The summed E-state index contributed by atoms with van der Waals surface area (Å²) in [6.07, 6.45) is 4.51. The Balaban J connectivity index is 2.31. The first kappa shape index (κ1) is 16.8. The van der Waals surface area contributed by atoms with Gasteiger partial charge in [0.2, 0.25) is 0 Å². The van der Waals surface area contributed by atoms with Crippen LogP contribution < -0.4 is 10.6 Å². The number of amides is 2. The van der Waals surface area contributed by atoms with E-state index in [9.17, 15) is 9.59 Å². The lowest BCUT2D eigenvalue weighted by Crippen LogP contribution is -2.45. The smallest absolute Gasteiger partial charge is 0.338 e. The molecule has 2 amide bonds. The summed E-state index contributed by atoms with van der Waals surface area (Å²) in [4.78, 5) is 24.2. The van der Waals surface area contributed by atoms with Crippen LogP contribution in [0.1, 0.15) is 37.9 Å². The number of ether oxygens (including phenoxy) is 1. The molecule has 23 heavy (non-hydrogen) atoms. The average Bonchev–Trinajstić information content (AvgIpc) is 2.54. The van der Waals surface area contributed by atoms with Gasteiger partial charge in [-0.3, -0.25) is 0 Å². The average molecular weight is 314 g/mol. The first-order valence-electron chi connectivity index (χ1n) is 7.72. The van der Waals surface area contributed by atoms with Gasteiger partial charge in [-0.25, -0.2) is 9.59 Å². The molecule has 0 saturated carbocycles. The number of benzene rings is 1. The third-order valence-electron chi connectivity index (χ3n) is 3.76. The fourth-order valence-electron chi connectivity index (χ4n) is 2.46. The topological polar surface area (TPSA) is 67.4 Å². The van der Waals surface area contributed by atoms with E-state index in [0.717, 1.165) is 12.0 Å². The molecular weight excluding hydrogens is 292 g/mol. The van der Waals surface area contributed by atoms with Gasteiger partial charge in [0.1, 0.15) is 6.61 Å². The Morgan fingerprint density at radius 3 is 2.61 bits per heavy atom. The van der Waals surface area contributed by atoms with Gasteiger partial charge in [-0.1, -0.05) is 43.3 Å². The summed E-state index contributed by atoms with van der Waals surface area (Å²) in [7, 11) is 0. The van der Waals surface area contributed by atoms with E-state index in [0.29, 0.717) is 11.3 Å². The third kappa shape index (κ3) is 4.00. The standard InChI is InChI=1S/C18H22N2O3/c1-4-6-11-23-17(21)15-12(3)19-18(22)20-16(15)14-9-7-13(5-2)8-10-14/h4,6-10,16H,5,11H2,1-3H3,(H2,19,20,22)/b6-4+/t16-/m1/s1. The lowest BCUT2D eigenvalue weighted by molar-refractivity contribution is -0.138. The molecule has 1 aliphatic heterocycles. The molecule has 1 heterocycles. The van der Waals surface area contributed by atoms with Crippen molar-refractivity contribution in [2.75, 3.05) is 6.61 Å². The van der Waals surface area contributed by atoms with E-state index in [1.807, 2.05) is 37.3 Å². The Labute approximate surface area is 136 Å². The number of aryl methyl sites for hydroxylation is 1. The van der Waals surface area contributed by atoms with E-state index in [1.54, 1.807) is 13.0 Å². The first-order valence-corrected chi connectivity index (χ1v) is 7.72. The quantitative estimate of drug-likeness (QED) is 0.648. The highest BCUT2D eigenvalue weighted by Crippen LogP contribution is 2.27. The summed E-state index contributed by atoms with van der Waals surface area (Å²) in [5.74, 6) is -0.433. The minimum absolute atomic E-state index is 0.210. The van der Waals surface area contributed by atoms with Gasteiger partial charge >= 0.3 is 12.0 Å². The van der Waals surface area contributed by atoms with Crippen LogP contribution in [0.2, 0.25) is 0 Å². The monoisotopic (exact) mass is 314 g/mol. The van der Waals surface area contributed by atoms with Crippen molar-refractivity contribution in [1.29, 1.82) is 0 Å². The SMILES string of the molecule is C/C=C/COC(=O)C1=C(C)NC(=O)N[C@@H]1c1ccc(CC)cc1. The highest BCUT2D eigenvalue weighted by Gasteiger charge is 2.31. The van der Waals surface area contributed by atoms with Gasteiger partial charge in [0.05, 0.1) is 11.6 Å². The molecule has 2 rings (SSSR count). The molecule has 1 aliphatic rings. The highest BCUT2D eigenvalue weighted by molar-refractivity contribution is 5.95. The summed E-state index contributed by atoms with van der Waals surface area (Å²) < 4.78 is 5.25. The zero-order valence-electron chi connectivity index (χ0n) is 13.7. The van der Waals surface area contributed by atoms with Crippen LogP contribution in [0.5, 0.6) is 0 Å². The minimum atomic E-state index is -0.507. The number of rotatable bonds is 5. The molecular formula is C18H22N2O3. The molecule has 122 valence electrons. The maximum atomic E-state index is 12.4. The molecule has 0 unspecified atom stereocenters. The van der Waals surface area contributed by atoms with Crippen molar-refractivity contribution in [2.24, 2.45) is 0 Å². The summed E-state index contributed by atoms with van der Waals surface area (Å²) in [6.45, 7) is 5.86. The molecule has 5 heteroatoms. The van der Waals surface area contributed by atoms with Crippen LogP contribution in [0.15, 0.2) is 47.7 Å². The molecule has 0 saturated heterocycles. The lowest BCUT2D eigenvalue weighted by atomic mass is 9.94. The summed E-state index contributed by atoms with van der Waals surface area (Å²) in [5, 5.41) is 5.43. The van der Waals surface area contributed by atoms with Crippen LogP contribution in [-0.4, -0.2) is 18.6 Å². The number of hydrogen-bond acceptors (Lipinski definition) is 3. The van der Waals surface area contributed by atoms with Crippen LogP contribution in [-0.2, 0) is 16.0 Å². The molecule has 0 fully saturated rings. The van der Waals surface area contributed by atoms with E-state index in [-0.39, 0.29) is 12.6 Å². The molecule has 5 nitrogen and oxygen atoms in total. The van der Waals surface area contributed by atoms with E-state index in [2.05, 4.69) is 17.6 Å². The second-order valence-corrected chi connectivity index (χ2v) is 5.33. The maximum absolute atomic E-state index is 12.4. The van der Waals surface area contributed by atoms with Crippen LogP contribution in [0.25, 0.3) is 0 Å².